The molecule has 0 aromatic heterocycles. The van der Waals surface area contributed by atoms with Gasteiger partial charge in [-0.25, -0.2) is 4.79 Å². The lowest BCUT2D eigenvalue weighted by molar-refractivity contribution is -0.143. The molecule has 0 aromatic rings. The van der Waals surface area contributed by atoms with Gasteiger partial charge in [0.2, 0.25) is 0 Å². The van der Waals surface area contributed by atoms with E-state index in [1.165, 1.54) is 0 Å². The summed E-state index contributed by atoms with van der Waals surface area (Å²) in [7, 11) is 0. The molecule has 0 aromatic carbocycles. The SMILES string of the molecule is CC#CCNC(=O)N1CCC[C@@H](C(=O)O)C1. The molecule has 0 spiro atoms. The third-order valence-corrected chi connectivity index (χ3v) is 2.56. The van der Waals surface area contributed by atoms with Crippen LogP contribution in [0.2, 0.25) is 0 Å². The van der Waals surface area contributed by atoms with Gasteiger partial charge in [-0.3, -0.25) is 4.79 Å². The number of nitrogens with one attached hydrogen (secondary N) is 1. The van der Waals surface area contributed by atoms with E-state index in [4.69, 9.17) is 5.11 Å². The van der Waals surface area contributed by atoms with Gasteiger partial charge in [0.15, 0.2) is 0 Å². The van der Waals surface area contributed by atoms with Gasteiger partial charge in [-0.05, 0) is 19.8 Å². The summed E-state index contributed by atoms with van der Waals surface area (Å²) in [6.45, 7) is 2.92. The second-order valence-corrected chi connectivity index (χ2v) is 3.71. The molecule has 0 bridgehead atoms. The van der Waals surface area contributed by atoms with E-state index in [9.17, 15) is 9.59 Å². The zero-order chi connectivity index (χ0) is 12.0. The summed E-state index contributed by atoms with van der Waals surface area (Å²) in [5.74, 6) is 4.14. The Kier molecular flexibility index (Phi) is 4.65. The number of rotatable bonds is 2. The zero-order valence-electron chi connectivity index (χ0n) is 9.32. The maximum atomic E-state index is 11.6. The molecule has 0 radical (unpaired) electrons. The highest BCUT2D eigenvalue weighted by Gasteiger charge is 2.27. The highest BCUT2D eigenvalue weighted by Crippen LogP contribution is 2.16. The van der Waals surface area contributed by atoms with Gasteiger partial charge >= 0.3 is 12.0 Å². The Morgan fingerprint density at radius 1 is 1.56 bits per heavy atom. The molecule has 1 saturated heterocycles. The van der Waals surface area contributed by atoms with Gasteiger partial charge in [-0.1, -0.05) is 5.92 Å². The second kappa shape index (κ2) is 6.01. The van der Waals surface area contributed by atoms with Crippen LogP contribution in [0.3, 0.4) is 0 Å². The number of hydrogen-bond acceptors (Lipinski definition) is 2. The molecule has 2 N–H and O–H groups in total. The average molecular weight is 224 g/mol. The van der Waals surface area contributed by atoms with Crippen LogP contribution in [-0.4, -0.2) is 41.6 Å². The van der Waals surface area contributed by atoms with Gasteiger partial charge in [0, 0.05) is 13.1 Å². The number of piperidine rings is 1. The molecule has 1 heterocycles. The third-order valence-electron chi connectivity index (χ3n) is 2.56. The first-order valence-corrected chi connectivity index (χ1v) is 5.30. The minimum Gasteiger partial charge on any atom is -0.481 e. The molecule has 0 unspecified atom stereocenters. The molecule has 0 saturated carbocycles. The first-order valence-electron chi connectivity index (χ1n) is 5.30. The van der Waals surface area contributed by atoms with Crippen LogP contribution in [-0.2, 0) is 4.79 Å². The van der Waals surface area contributed by atoms with Crippen molar-refractivity contribution in [2.24, 2.45) is 5.92 Å². The lowest BCUT2D eigenvalue weighted by atomic mass is 9.99. The van der Waals surface area contributed by atoms with Crippen molar-refractivity contribution in [1.82, 2.24) is 10.2 Å². The van der Waals surface area contributed by atoms with Gasteiger partial charge in [0.25, 0.3) is 0 Å². The Bertz CT molecular complexity index is 330. The Hall–Kier alpha value is -1.70. The van der Waals surface area contributed by atoms with Crippen LogP contribution in [0.15, 0.2) is 0 Å². The van der Waals surface area contributed by atoms with Crippen molar-refractivity contribution in [2.75, 3.05) is 19.6 Å². The molecule has 1 fully saturated rings. The molecule has 0 aliphatic carbocycles. The van der Waals surface area contributed by atoms with E-state index in [0.29, 0.717) is 26.1 Å². The number of carboxylic acid groups (broad SMARTS) is 1. The maximum Gasteiger partial charge on any atom is 0.318 e. The fourth-order valence-electron chi connectivity index (χ4n) is 1.68. The standard InChI is InChI=1S/C11H16N2O3/c1-2-3-6-12-11(16)13-7-4-5-9(8-13)10(14)15/h9H,4-8H2,1H3,(H,12,16)(H,14,15)/t9-/m1/s1. The van der Waals surface area contributed by atoms with Crippen LogP contribution in [0.5, 0.6) is 0 Å². The van der Waals surface area contributed by atoms with Crippen LogP contribution in [0, 0.1) is 17.8 Å². The van der Waals surface area contributed by atoms with Crippen molar-refractivity contribution in [3.05, 3.63) is 0 Å². The van der Waals surface area contributed by atoms with E-state index in [0.717, 1.165) is 6.42 Å². The number of likely N-dealkylation sites (tertiary alicyclic amines) is 1. The number of amides is 2. The molecule has 5 heteroatoms. The van der Waals surface area contributed by atoms with Gasteiger partial charge in [-0.15, -0.1) is 5.92 Å². The quantitative estimate of drug-likeness (QED) is 0.672. The first kappa shape index (κ1) is 12.4. The van der Waals surface area contributed by atoms with Crippen molar-refractivity contribution < 1.29 is 14.7 Å². The van der Waals surface area contributed by atoms with Crippen molar-refractivity contribution in [3.8, 4) is 11.8 Å². The van der Waals surface area contributed by atoms with E-state index in [1.54, 1.807) is 11.8 Å². The monoisotopic (exact) mass is 224 g/mol. The summed E-state index contributed by atoms with van der Waals surface area (Å²) >= 11 is 0. The summed E-state index contributed by atoms with van der Waals surface area (Å²) in [5.41, 5.74) is 0. The maximum absolute atomic E-state index is 11.6. The van der Waals surface area contributed by atoms with Crippen LogP contribution >= 0.6 is 0 Å². The second-order valence-electron chi connectivity index (χ2n) is 3.71. The highest BCUT2D eigenvalue weighted by molar-refractivity contribution is 5.76. The average Bonchev–Trinajstić information content (AvgIpc) is 2.29. The first-order chi connectivity index (χ1) is 7.65. The Morgan fingerprint density at radius 2 is 2.31 bits per heavy atom. The Labute approximate surface area is 94.8 Å². The van der Waals surface area contributed by atoms with E-state index in [1.807, 2.05) is 0 Å². The normalized spacial score (nSPS) is 19.6. The van der Waals surface area contributed by atoms with Crippen LogP contribution < -0.4 is 5.32 Å². The van der Waals surface area contributed by atoms with Crippen LogP contribution in [0.1, 0.15) is 19.8 Å². The smallest absolute Gasteiger partial charge is 0.318 e. The molecule has 1 aliphatic heterocycles. The molecule has 88 valence electrons. The van der Waals surface area contributed by atoms with Crippen molar-refractivity contribution >= 4 is 12.0 Å². The van der Waals surface area contributed by atoms with E-state index in [-0.39, 0.29) is 6.03 Å². The van der Waals surface area contributed by atoms with Crippen molar-refractivity contribution in [2.45, 2.75) is 19.8 Å². The molecule has 1 rings (SSSR count). The van der Waals surface area contributed by atoms with E-state index >= 15 is 0 Å². The van der Waals surface area contributed by atoms with Crippen molar-refractivity contribution in [1.29, 1.82) is 0 Å². The number of nitrogens with zero attached hydrogens (tertiary/aromatic N) is 1. The predicted octanol–water partition coefficient (Wildman–Crippen LogP) is 0.516. The number of urea groups is 1. The van der Waals surface area contributed by atoms with E-state index < -0.39 is 11.9 Å². The largest absolute Gasteiger partial charge is 0.481 e. The minimum absolute atomic E-state index is 0.228. The highest BCUT2D eigenvalue weighted by atomic mass is 16.4. The lowest BCUT2D eigenvalue weighted by Gasteiger charge is -2.30. The van der Waals surface area contributed by atoms with Gasteiger partial charge < -0.3 is 15.3 Å². The van der Waals surface area contributed by atoms with Gasteiger partial charge in [0.1, 0.15) is 0 Å². The molecule has 5 nitrogen and oxygen atoms in total. The Balaban J connectivity index is 2.42. The summed E-state index contributed by atoms with van der Waals surface area (Å²) in [6.07, 6.45) is 1.39. The van der Waals surface area contributed by atoms with Crippen LogP contribution in [0.4, 0.5) is 4.79 Å². The Morgan fingerprint density at radius 3 is 2.94 bits per heavy atom. The number of hydrogen-bond donors (Lipinski definition) is 2. The number of carbonyl (C=O) groups excluding carboxylic acids is 1. The van der Waals surface area contributed by atoms with Gasteiger partial charge in [0.05, 0.1) is 12.5 Å². The number of carboxylic acids is 1. The minimum atomic E-state index is -0.828. The molecule has 1 aliphatic rings. The third kappa shape index (κ3) is 3.46. The predicted molar refractivity (Wildman–Crippen MR) is 58.8 cm³/mol. The molecular formula is C11H16N2O3. The fourth-order valence-corrected chi connectivity index (χ4v) is 1.68. The van der Waals surface area contributed by atoms with Gasteiger partial charge in [-0.2, -0.15) is 0 Å². The summed E-state index contributed by atoms with van der Waals surface area (Å²) in [6, 6.07) is -0.228. The number of carbonyl (C=O) groups is 2. The summed E-state index contributed by atoms with van der Waals surface area (Å²) < 4.78 is 0. The molecule has 1 atom stereocenters. The molecular weight excluding hydrogens is 208 g/mol. The summed E-state index contributed by atoms with van der Waals surface area (Å²) in [4.78, 5) is 23.9. The lowest BCUT2D eigenvalue weighted by Crippen LogP contribution is -2.47. The van der Waals surface area contributed by atoms with Crippen LogP contribution in [0.25, 0.3) is 0 Å². The fraction of sp³-hybridized carbons (Fsp3) is 0.636. The molecule has 16 heavy (non-hydrogen) atoms. The van der Waals surface area contributed by atoms with E-state index in [2.05, 4.69) is 17.2 Å². The summed E-state index contributed by atoms with van der Waals surface area (Å²) in [5, 5.41) is 11.5. The topological polar surface area (TPSA) is 69.6 Å². The van der Waals surface area contributed by atoms with Crippen molar-refractivity contribution in [3.63, 3.8) is 0 Å². The number of aliphatic carboxylic acids is 1. The molecule has 2 amide bonds. The zero-order valence-corrected chi connectivity index (χ0v) is 9.32.